The van der Waals surface area contributed by atoms with E-state index in [0.29, 0.717) is 18.8 Å². The fourth-order valence-electron chi connectivity index (χ4n) is 3.35. The molecule has 0 saturated heterocycles. The maximum absolute atomic E-state index is 12.7. The van der Waals surface area contributed by atoms with Gasteiger partial charge < -0.3 is 5.11 Å². The lowest BCUT2D eigenvalue weighted by Crippen LogP contribution is -2.41. The van der Waals surface area contributed by atoms with E-state index in [-0.39, 0.29) is 0 Å². The average molecular weight is 388 g/mol. The van der Waals surface area contributed by atoms with E-state index in [0.717, 1.165) is 48.1 Å². The quantitative estimate of drug-likeness (QED) is 0.721. The molecule has 0 atom stereocenters. The van der Waals surface area contributed by atoms with Crippen molar-refractivity contribution in [3.05, 3.63) is 65.2 Å². The van der Waals surface area contributed by atoms with Crippen molar-refractivity contribution in [1.29, 1.82) is 0 Å². The number of alkyl halides is 3. The van der Waals surface area contributed by atoms with Gasteiger partial charge in [-0.15, -0.1) is 10.2 Å². The second kappa shape index (κ2) is 7.01. The monoisotopic (exact) mass is 388 g/mol. The van der Waals surface area contributed by atoms with E-state index in [2.05, 4.69) is 15.4 Å². The molecule has 28 heavy (non-hydrogen) atoms. The van der Waals surface area contributed by atoms with Crippen LogP contribution < -0.4 is 0 Å². The number of rotatable bonds is 5. The van der Waals surface area contributed by atoms with Gasteiger partial charge in [0.05, 0.1) is 17.7 Å². The van der Waals surface area contributed by atoms with Crippen LogP contribution in [0.2, 0.25) is 0 Å². The summed E-state index contributed by atoms with van der Waals surface area (Å²) in [6, 6.07) is 12.6. The summed E-state index contributed by atoms with van der Waals surface area (Å²) in [6.07, 6.45) is -1.44. The molecule has 1 saturated carbocycles. The molecule has 1 N–H and O–H groups in total. The lowest BCUT2D eigenvalue weighted by atomic mass is 9.80. The van der Waals surface area contributed by atoms with Gasteiger partial charge in [-0.25, -0.2) is 0 Å². The van der Waals surface area contributed by atoms with Crippen molar-refractivity contribution in [3.8, 4) is 11.4 Å². The van der Waals surface area contributed by atoms with Gasteiger partial charge in [-0.2, -0.15) is 18.0 Å². The number of hydrogen-bond acceptors (Lipinski definition) is 4. The highest BCUT2D eigenvalue weighted by atomic mass is 19.4. The van der Waals surface area contributed by atoms with Crippen molar-refractivity contribution >= 4 is 0 Å². The van der Waals surface area contributed by atoms with Crippen LogP contribution in [0.5, 0.6) is 0 Å². The maximum atomic E-state index is 12.7. The summed E-state index contributed by atoms with van der Waals surface area (Å²) in [6.45, 7) is 0.307. The summed E-state index contributed by atoms with van der Waals surface area (Å²) < 4.78 is 38.2. The standard InChI is InChI=1S/C20H19F3N4O/c21-20(22,23)16-8-6-14(7-9-16)12-15-4-1-2-5-17(15)18-24-26-27(25-18)13-19(28)10-3-11-19/h1-2,4-9,28H,3,10-13H2. The lowest BCUT2D eigenvalue weighted by molar-refractivity contribution is -0.137. The topological polar surface area (TPSA) is 63.8 Å². The molecule has 1 aromatic heterocycles. The number of benzene rings is 2. The van der Waals surface area contributed by atoms with E-state index >= 15 is 0 Å². The van der Waals surface area contributed by atoms with E-state index in [1.54, 1.807) is 0 Å². The Hall–Kier alpha value is -2.74. The van der Waals surface area contributed by atoms with E-state index < -0.39 is 17.3 Å². The van der Waals surface area contributed by atoms with Gasteiger partial charge in [0, 0.05) is 5.56 Å². The summed E-state index contributed by atoms with van der Waals surface area (Å²) in [7, 11) is 0. The first-order valence-corrected chi connectivity index (χ1v) is 9.07. The number of hydrogen-bond donors (Lipinski definition) is 1. The molecule has 1 aliphatic rings. The van der Waals surface area contributed by atoms with Crippen molar-refractivity contribution in [2.24, 2.45) is 0 Å². The highest BCUT2D eigenvalue weighted by Gasteiger charge is 2.35. The van der Waals surface area contributed by atoms with Crippen LogP contribution in [-0.2, 0) is 19.1 Å². The zero-order valence-electron chi connectivity index (χ0n) is 15.0. The smallest absolute Gasteiger partial charge is 0.388 e. The molecule has 3 aromatic rings. The predicted molar refractivity (Wildman–Crippen MR) is 96.3 cm³/mol. The van der Waals surface area contributed by atoms with E-state index in [1.807, 2.05) is 24.3 Å². The molecule has 0 spiro atoms. The Kier molecular flexibility index (Phi) is 4.66. The normalized spacial score (nSPS) is 16.0. The molecule has 0 unspecified atom stereocenters. The van der Waals surface area contributed by atoms with E-state index in [9.17, 15) is 18.3 Å². The third-order valence-electron chi connectivity index (χ3n) is 5.11. The highest BCUT2D eigenvalue weighted by molar-refractivity contribution is 5.60. The Labute approximate surface area is 159 Å². The Morgan fingerprint density at radius 1 is 1.04 bits per heavy atom. The molecule has 5 nitrogen and oxygen atoms in total. The molecule has 4 rings (SSSR count). The zero-order valence-corrected chi connectivity index (χ0v) is 15.0. The van der Waals surface area contributed by atoms with Gasteiger partial charge in [0.1, 0.15) is 0 Å². The summed E-state index contributed by atoms with van der Waals surface area (Å²) in [4.78, 5) is 1.41. The molecule has 8 heteroatoms. The SMILES string of the molecule is OC1(Cn2nnc(-c3ccccc3Cc3ccc(C(F)(F)F)cc3)n2)CCC1. The number of halogens is 3. The van der Waals surface area contributed by atoms with Crippen LogP contribution in [0.3, 0.4) is 0 Å². The Morgan fingerprint density at radius 2 is 1.75 bits per heavy atom. The van der Waals surface area contributed by atoms with Crippen LogP contribution in [0.1, 0.15) is 36.0 Å². The molecule has 0 bridgehead atoms. The van der Waals surface area contributed by atoms with E-state index in [4.69, 9.17) is 0 Å². The largest absolute Gasteiger partial charge is 0.416 e. The van der Waals surface area contributed by atoms with Gasteiger partial charge in [0.15, 0.2) is 0 Å². The minimum atomic E-state index is -4.34. The molecule has 1 fully saturated rings. The average Bonchev–Trinajstić information content (AvgIpc) is 3.09. The molecular weight excluding hydrogens is 369 g/mol. The third-order valence-corrected chi connectivity index (χ3v) is 5.11. The van der Waals surface area contributed by atoms with Crippen molar-refractivity contribution in [3.63, 3.8) is 0 Å². The first-order valence-electron chi connectivity index (χ1n) is 9.07. The molecule has 0 radical (unpaired) electrons. The molecule has 1 aliphatic carbocycles. The van der Waals surface area contributed by atoms with Gasteiger partial charge in [-0.1, -0.05) is 36.4 Å². The van der Waals surface area contributed by atoms with E-state index in [1.165, 1.54) is 16.9 Å². The van der Waals surface area contributed by atoms with Crippen LogP contribution in [0.15, 0.2) is 48.5 Å². The molecule has 1 heterocycles. The number of nitrogens with zero attached hydrogens (tertiary/aromatic N) is 4. The third kappa shape index (κ3) is 3.91. The van der Waals surface area contributed by atoms with Crippen molar-refractivity contribution in [2.75, 3.05) is 0 Å². The van der Waals surface area contributed by atoms with Gasteiger partial charge >= 0.3 is 6.18 Å². The molecular formula is C20H19F3N4O. The zero-order chi connectivity index (χ0) is 19.8. The summed E-state index contributed by atoms with van der Waals surface area (Å²) >= 11 is 0. The van der Waals surface area contributed by atoms with Crippen LogP contribution >= 0.6 is 0 Å². The van der Waals surface area contributed by atoms with Gasteiger partial charge in [0.2, 0.25) is 5.82 Å². The van der Waals surface area contributed by atoms with Gasteiger partial charge in [0.25, 0.3) is 0 Å². The fraction of sp³-hybridized carbons (Fsp3) is 0.350. The van der Waals surface area contributed by atoms with Gasteiger partial charge in [-0.05, 0) is 54.2 Å². The lowest BCUT2D eigenvalue weighted by Gasteiger charge is -2.35. The van der Waals surface area contributed by atoms with Crippen LogP contribution in [0.4, 0.5) is 13.2 Å². The van der Waals surface area contributed by atoms with Crippen LogP contribution in [-0.4, -0.2) is 30.9 Å². The van der Waals surface area contributed by atoms with Crippen molar-refractivity contribution in [2.45, 2.75) is 44.0 Å². The first-order chi connectivity index (χ1) is 13.3. The maximum Gasteiger partial charge on any atom is 0.416 e. The minimum absolute atomic E-state index is 0.307. The first kappa shape index (κ1) is 18.6. The second-order valence-electron chi connectivity index (χ2n) is 7.25. The van der Waals surface area contributed by atoms with Crippen molar-refractivity contribution < 1.29 is 18.3 Å². The predicted octanol–water partition coefficient (Wildman–Crippen LogP) is 3.86. The van der Waals surface area contributed by atoms with Crippen molar-refractivity contribution in [1.82, 2.24) is 20.2 Å². The molecule has 0 aliphatic heterocycles. The number of aromatic nitrogens is 4. The second-order valence-corrected chi connectivity index (χ2v) is 7.25. The summed E-state index contributed by atoms with van der Waals surface area (Å²) in [5.41, 5.74) is 1.01. The molecule has 146 valence electrons. The van der Waals surface area contributed by atoms with Gasteiger partial charge in [-0.3, -0.25) is 0 Å². The summed E-state index contributed by atoms with van der Waals surface area (Å²) in [5, 5.41) is 22.8. The number of aliphatic hydroxyl groups is 1. The number of tetrazole rings is 1. The fourth-order valence-corrected chi connectivity index (χ4v) is 3.35. The summed E-state index contributed by atoms with van der Waals surface area (Å²) in [5.74, 6) is 0.436. The van der Waals surface area contributed by atoms with Crippen LogP contribution in [0.25, 0.3) is 11.4 Å². The Bertz CT molecular complexity index is 962. The molecule has 2 aromatic carbocycles. The van der Waals surface area contributed by atoms with Crippen LogP contribution in [0, 0.1) is 0 Å². The Balaban J connectivity index is 1.55. The Morgan fingerprint density at radius 3 is 2.39 bits per heavy atom. The molecule has 0 amide bonds. The minimum Gasteiger partial charge on any atom is -0.388 e. The highest BCUT2D eigenvalue weighted by Crippen LogP contribution is 2.33.